The molecule has 158 valence electrons. The number of hydrogen-bond donors (Lipinski definition) is 3. The van der Waals surface area contributed by atoms with Crippen molar-refractivity contribution < 1.29 is 0 Å². The lowest BCUT2D eigenvalue weighted by Gasteiger charge is -2.27. The molecule has 31 heavy (non-hydrogen) atoms. The molecule has 4 aromatic rings. The van der Waals surface area contributed by atoms with E-state index in [4.69, 9.17) is 10.8 Å². The van der Waals surface area contributed by atoms with E-state index in [1.54, 1.807) is 24.8 Å². The molecule has 4 heterocycles. The summed E-state index contributed by atoms with van der Waals surface area (Å²) >= 11 is 0. The van der Waals surface area contributed by atoms with Gasteiger partial charge in [-0.2, -0.15) is 0 Å². The van der Waals surface area contributed by atoms with E-state index in [1.165, 1.54) is 0 Å². The van der Waals surface area contributed by atoms with Crippen LogP contribution in [0.4, 0.5) is 17.6 Å². The summed E-state index contributed by atoms with van der Waals surface area (Å²) in [5.41, 5.74) is 9.57. The molecule has 1 aliphatic rings. The monoisotopic (exact) mass is 415 g/mol. The van der Waals surface area contributed by atoms with Gasteiger partial charge in [0.1, 0.15) is 11.6 Å². The van der Waals surface area contributed by atoms with Gasteiger partial charge in [0.2, 0.25) is 5.95 Å². The van der Waals surface area contributed by atoms with Gasteiger partial charge in [0.15, 0.2) is 5.65 Å². The SMILES string of the molecule is Cc1ccc(Nc2ncc(-c3cnc4ccc(N[C@H]5CC[C@H](N)CC5)nn34)cn2)nc1. The minimum absolute atomic E-state index is 0.327. The van der Waals surface area contributed by atoms with Gasteiger partial charge in [0.05, 0.1) is 11.9 Å². The molecule has 1 aliphatic carbocycles. The van der Waals surface area contributed by atoms with Crippen LogP contribution in [-0.2, 0) is 0 Å². The third-order valence-electron chi connectivity index (χ3n) is 5.58. The molecular formula is C22H25N9. The van der Waals surface area contributed by atoms with Crippen LogP contribution in [0.1, 0.15) is 31.2 Å². The van der Waals surface area contributed by atoms with Gasteiger partial charge in [0, 0.05) is 36.2 Å². The van der Waals surface area contributed by atoms with Gasteiger partial charge in [-0.3, -0.25) is 0 Å². The number of anilines is 3. The zero-order chi connectivity index (χ0) is 21.2. The average Bonchev–Trinajstić information content (AvgIpc) is 3.21. The van der Waals surface area contributed by atoms with E-state index in [2.05, 4.69) is 30.6 Å². The first-order valence-corrected chi connectivity index (χ1v) is 10.5. The lowest BCUT2D eigenvalue weighted by molar-refractivity contribution is 0.410. The number of aryl methyl sites for hydroxylation is 1. The van der Waals surface area contributed by atoms with E-state index in [0.717, 1.165) is 54.0 Å². The predicted octanol–water partition coefficient (Wildman–Crippen LogP) is 3.32. The Labute approximate surface area is 180 Å². The highest BCUT2D eigenvalue weighted by atomic mass is 15.3. The topological polar surface area (TPSA) is 119 Å². The van der Waals surface area contributed by atoms with Crippen molar-refractivity contribution >= 4 is 23.2 Å². The molecule has 9 nitrogen and oxygen atoms in total. The predicted molar refractivity (Wildman–Crippen MR) is 120 cm³/mol. The number of aromatic nitrogens is 6. The van der Waals surface area contributed by atoms with Gasteiger partial charge in [-0.05, 0) is 56.4 Å². The fourth-order valence-electron chi connectivity index (χ4n) is 3.80. The van der Waals surface area contributed by atoms with Crippen molar-refractivity contribution in [1.82, 2.24) is 29.5 Å². The van der Waals surface area contributed by atoms with E-state index in [-0.39, 0.29) is 0 Å². The molecule has 5 rings (SSSR count). The first-order chi connectivity index (χ1) is 15.1. The van der Waals surface area contributed by atoms with Gasteiger partial charge < -0.3 is 16.4 Å². The molecule has 0 unspecified atom stereocenters. The maximum absolute atomic E-state index is 6.02. The number of nitrogens with zero attached hydrogens (tertiary/aromatic N) is 6. The Kier molecular flexibility index (Phi) is 5.17. The first-order valence-electron chi connectivity index (χ1n) is 10.5. The third-order valence-corrected chi connectivity index (χ3v) is 5.58. The smallest absolute Gasteiger partial charge is 0.228 e. The molecule has 0 aliphatic heterocycles. The fraction of sp³-hybridized carbons (Fsp3) is 0.318. The second kappa shape index (κ2) is 8.27. The molecular weight excluding hydrogens is 390 g/mol. The Hall–Kier alpha value is -3.59. The number of imidazole rings is 1. The Morgan fingerprint density at radius 2 is 1.65 bits per heavy atom. The minimum atomic E-state index is 0.327. The van der Waals surface area contributed by atoms with Crippen LogP contribution in [-0.4, -0.2) is 41.6 Å². The van der Waals surface area contributed by atoms with Crippen LogP contribution in [0, 0.1) is 6.92 Å². The van der Waals surface area contributed by atoms with Gasteiger partial charge >= 0.3 is 0 Å². The number of fused-ring (bicyclic) bond motifs is 1. The molecule has 0 saturated heterocycles. The molecule has 0 amide bonds. The number of rotatable bonds is 5. The van der Waals surface area contributed by atoms with Crippen LogP contribution in [0.3, 0.4) is 0 Å². The number of hydrogen-bond acceptors (Lipinski definition) is 8. The van der Waals surface area contributed by atoms with Gasteiger partial charge in [-0.1, -0.05) is 6.07 Å². The van der Waals surface area contributed by atoms with Crippen molar-refractivity contribution in [3.8, 4) is 11.3 Å². The zero-order valence-electron chi connectivity index (χ0n) is 17.4. The van der Waals surface area contributed by atoms with Gasteiger partial charge in [-0.25, -0.2) is 24.5 Å². The van der Waals surface area contributed by atoms with Crippen LogP contribution in [0.2, 0.25) is 0 Å². The zero-order valence-corrected chi connectivity index (χ0v) is 17.4. The number of nitrogens with two attached hydrogens (primary N) is 1. The summed E-state index contributed by atoms with van der Waals surface area (Å²) in [6, 6.07) is 8.55. The largest absolute Gasteiger partial charge is 0.366 e. The third kappa shape index (κ3) is 4.31. The number of pyridine rings is 1. The second-order valence-electron chi connectivity index (χ2n) is 8.03. The van der Waals surface area contributed by atoms with E-state index in [0.29, 0.717) is 23.8 Å². The fourth-order valence-corrected chi connectivity index (χ4v) is 3.80. The highest BCUT2D eigenvalue weighted by molar-refractivity contribution is 5.63. The Bertz CT molecular complexity index is 1160. The van der Waals surface area contributed by atoms with E-state index < -0.39 is 0 Å². The summed E-state index contributed by atoms with van der Waals surface area (Å²) in [6.07, 6.45) is 11.3. The molecule has 0 atom stereocenters. The van der Waals surface area contributed by atoms with Gasteiger partial charge in [-0.15, -0.1) is 5.10 Å². The van der Waals surface area contributed by atoms with Crippen molar-refractivity contribution in [3.05, 3.63) is 54.6 Å². The summed E-state index contributed by atoms with van der Waals surface area (Å²) in [5.74, 6) is 2.02. The van der Waals surface area contributed by atoms with Crippen molar-refractivity contribution in [1.29, 1.82) is 0 Å². The quantitative estimate of drug-likeness (QED) is 0.454. The standard InChI is InChI=1S/C22H25N9/c1-14-2-7-19(24-10-14)29-22-26-11-15(12-27-22)18-13-25-21-9-8-20(30-31(18)21)28-17-5-3-16(23)4-6-17/h2,7-13,16-17H,3-6,23H2,1H3,(H,28,30)(H,24,26,27,29)/t16-,17-. The maximum Gasteiger partial charge on any atom is 0.228 e. The van der Waals surface area contributed by atoms with E-state index in [1.807, 2.05) is 35.7 Å². The average molecular weight is 416 g/mol. The van der Waals surface area contributed by atoms with Crippen LogP contribution < -0.4 is 16.4 Å². The van der Waals surface area contributed by atoms with Crippen LogP contribution >= 0.6 is 0 Å². The Morgan fingerprint density at radius 1 is 0.871 bits per heavy atom. The van der Waals surface area contributed by atoms with Gasteiger partial charge in [0.25, 0.3) is 0 Å². The lowest BCUT2D eigenvalue weighted by Crippen LogP contribution is -2.33. The molecule has 0 spiro atoms. The normalized spacial score (nSPS) is 18.8. The molecule has 4 N–H and O–H groups in total. The van der Waals surface area contributed by atoms with E-state index in [9.17, 15) is 0 Å². The van der Waals surface area contributed by atoms with Crippen LogP contribution in [0.15, 0.2) is 49.1 Å². The van der Waals surface area contributed by atoms with Crippen molar-refractivity contribution in [2.45, 2.75) is 44.7 Å². The minimum Gasteiger partial charge on any atom is -0.366 e. The summed E-state index contributed by atoms with van der Waals surface area (Å²) in [7, 11) is 0. The van der Waals surface area contributed by atoms with E-state index >= 15 is 0 Å². The van der Waals surface area contributed by atoms with Crippen molar-refractivity contribution in [3.63, 3.8) is 0 Å². The number of nitrogens with one attached hydrogen (secondary N) is 2. The molecule has 1 saturated carbocycles. The summed E-state index contributed by atoms with van der Waals surface area (Å²) in [6.45, 7) is 2.00. The van der Waals surface area contributed by atoms with Crippen LogP contribution in [0.5, 0.6) is 0 Å². The summed E-state index contributed by atoms with van der Waals surface area (Å²) in [4.78, 5) is 17.6. The van der Waals surface area contributed by atoms with Crippen molar-refractivity contribution in [2.24, 2.45) is 5.73 Å². The molecule has 0 bridgehead atoms. The molecule has 9 heteroatoms. The maximum atomic E-state index is 6.02. The Morgan fingerprint density at radius 3 is 2.39 bits per heavy atom. The van der Waals surface area contributed by atoms with Crippen LogP contribution in [0.25, 0.3) is 16.9 Å². The summed E-state index contributed by atoms with van der Waals surface area (Å²) in [5, 5.41) is 11.4. The lowest BCUT2D eigenvalue weighted by atomic mass is 9.92. The highest BCUT2D eigenvalue weighted by Gasteiger charge is 2.19. The molecule has 0 radical (unpaired) electrons. The molecule has 1 fully saturated rings. The first kappa shape index (κ1) is 19.4. The second-order valence-corrected chi connectivity index (χ2v) is 8.03. The highest BCUT2D eigenvalue weighted by Crippen LogP contribution is 2.23. The van der Waals surface area contributed by atoms with Crippen molar-refractivity contribution in [2.75, 3.05) is 10.6 Å². The molecule has 4 aromatic heterocycles. The molecule has 0 aromatic carbocycles. The Balaban J connectivity index is 1.35. The summed E-state index contributed by atoms with van der Waals surface area (Å²) < 4.78 is 1.82.